The molecule has 0 radical (unpaired) electrons. The Labute approximate surface area is 151 Å². The number of carbonyl (C=O) groups excluding carboxylic acids is 2. The number of ether oxygens (including phenoxy) is 1. The molecule has 2 rings (SSSR count). The predicted octanol–water partition coefficient (Wildman–Crippen LogP) is 2.75. The van der Waals surface area contributed by atoms with Crippen LogP contribution < -0.4 is 10.6 Å². The first-order valence-corrected chi connectivity index (χ1v) is 8.25. The first-order chi connectivity index (χ1) is 12.5. The number of hydrogen-bond acceptors (Lipinski definition) is 4. The molecule has 1 heterocycles. The summed E-state index contributed by atoms with van der Waals surface area (Å²) in [5.41, 5.74) is 1.62. The average molecular weight is 359 g/mol. The maximum absolute atomic E-state index is 13.7. The van der Waals surface area contributed by atoms with Crippen molar-refractivity contribution in [3.05, 3.63) is 59.7 Å². The molecule has 0 aliphatic carbocycles. The molecule has 0 bridgehead atoms. The van der Waals surface area contributed by atoms with E-state index in [-0.39, 0.29) is 31.0 Å². The number of benzene rings is 1. The summed E-state index contributed by atoms with van der Waals surface area (Å²) >= 11 is 0. The van der Waals surface area contributed by atoms with Crippen LogP contribution in [0, 0.1) is 12.7 Å². The Morgan fingerprint density at radius 2 is 1.96 bits per heavy atom. The highest BCUT2D eigenvalue weighted by molar-refractivity contribution is 5.93. The van der Waals surface area contributed by atoms with E-state index in [1.807, 2.05) is 6.07 Å². The van der Waals surface area contributed by atoms with Gasteiger partial charge >= 0.3 is 0 Å². The van der Waals surface area contributed by atoms with Crippen LogP contribution in [-0.4, -0.2) is 30.5 Å². The molecule has 138 valence electrons. The number of aromatic nitrogens is 1. The zero-order valence-electron chi connectivity index (χ0n) is 14.8. The Hall–Kier alpha value is -2.80. The Morgan fingerprint density at radius 3 is 2.65 bits per heavy atom. The summed E-state index contributed by atoms with van der Waals surface area (Å²) in [4.78, 5) is 28.3. The van der Waals surface area contributed by atoms with Gasteiger partial charge in [0.2, 0.25) is 11.8 Å². The second-order valence-electron chi connectivity index (χ2n) is 5.86. The first kappa shape index (κ1) is 19.5. The zero-order valence-corrected chi connectivity index (χ0v) is 14.8. The maximum atomic E-state index is 13.7. The van der Waals surface area contributed by atoms with Crippen molar-refractivity contribution in [1.82, 2.24) is 10.3 Å². The minimum Gasteiger partial charge on any atom is -0.382 e. The summed E-state index contributed by atoms with van der Waals surface area (Å²) in [5.74, 6) is -1.24. The van der Waals surface area contributed by atoms with Gasteiger partial charge in [-0.2, -0.15) is 0 Å². The highest BCUT2D eigenvalue weighted by Gasteiger charge is 2.16. The average Bonchev–Trinajstić information content (AvgIpc) is 2.63. The van der Waals surface area contributed by atoms with Gasteiger partial charge in [0.05, 0.1) is 24.0 Å². The molecular weight excluding hydrogens is 337 g/mol. The third-order valence-corrected chi connectivity index (χ3v) is 3.69. The van der Waals surface area contributed by atoms with Crippen molar-refractivity contribution in [3.63, 3.8) is 0 Å². The van der Waals surface area contributed by atoms with Gasteiger partial charge in [-0.25, -0.2) is 4.39 Å². The molecule has 26 heavy (non-hydrogen) atoms. The standard InChI is InChI=1S/C19H22FN3O3/c1-13-6-7-14(20)16(11-13)22-18(24)8-9-19(25)23-17(12-26-2)15-5-3-4-10-21-15/h3-7,10-11,17H,8-9,12H2,1-2H3,(H,22,24)(H,23,25)/t17-/m1/s1. The predicted molar refractivity (Wildman–Crippen MR) is 96.0 cm³/mol. The number of halogens is 1. The van der Waals surface area contributed by atoms with Gasteiger partial charge in [-0.05, 0) is 36.8 Å². The number of anilines is 1. The van der Waals surface area contributed by atoms with E-state index >= 15 is 0 Å². The lowest BCUT2D eigenvalue weighted by Gasteiger charge is -2.17. The molecule has 2 N–H and O–H groups in total. The van der Waals surface area contributed by atoms with Gasteiger partial charge in [-0.1, -0.05) is 12.1 Å². The Balaban J connectivity index is 1.86. The molecule has 6 nitrogen and oxygen atoms in total. The van der Waals surface area contributed by atoms with Crippen LogP contribution in [0.4, 0.5) is 10.1 Å². The van der Waals surface area contributed by atoms with Gasteiger partial charge in [0.15, 0.2) is 0 Å². The van der Waals surface area contributed by atoms with E-state index in [4.69, 9.17) is 4.74 Å². The van der Waals surface area contributed by atoms with Crippen molar-refractivity contribution in [1.29, 1.82) is 0 Å². The number of nitrogens with one attached hydrogen (secondary N) is 2. The minimum atomic E-state index is -0.510. The first-order valence-electron chi connectivity index (χ1n) is 8.25. The molecule has 0 aliphatic rings. The summed E-state index contributed by atoms with van der Waals surface area (Å²) < 4.78 is 18.8. The van der Waals surface area contributed by atoms with Gasteiger partial charge in [0, 0.05) is 26.1 Å². The van der Waals surface area contributed by atoms with Crippen LogP contribution in [-0.2, 0) is 14.3 Å². The van der Waals surface area contributed by atoms with Crippen molar-refractivity contribution in [3.8, 4) is 0 Å². The maximum Gasteiger partial charge on any atom is 0.224 e. The third-order valence-electron chi connectivity index (χ3n) is 3.69. The van der Waals surface area contributed by atoms with Gasteiger partial charge in [-0.15, -0.1) is 0 Å². The van der Waals surface area contributed by atoms with Crippen molar-refractivity contribution >= 4 is 17.5 Å². The Kier molecular flexibility index (Phi) is 7.23. The number of carbonyl (C=O) groups is 2. The molecule has 0 saturated heterocycles. The fourth-order valence-corrected chi connectivity index (χ4v) is 2.39. The summed E-state index contributed by atoms with van der Waals surface area (Å²) in [5, 5.41) is 5.28. The summed E-state index contributed by atoms with van der Waals surface area (Å²) in [6, 6.07) is 9.45. The number of methoxy groups -OCH3 is 1. The number of pyridine rings is 1. The van der Waals surface area contributed by atoms with Crippen LogP contribution in [0.5, 0.6) is 0 Å². The molecule has 0 aliphatic heterocycles. The Morgan fingerprint density at radius 1 is 1.19 bits per heavy atom. The number of nitrogens with zero attached hydrogens (tertiary/aromatic N) is 1. The molecule has 1 atom stereocenters. The highest BCUT2D eigenvalue weighted by Crippen LogP contribution is 2.16. The van der Waals surface area contributed by atoms with Crippen LogP contribution in [0.15, 0.2) is 42.6 Å². The quantitative estimate of drug-likeness (QED) is 0.759. The van der Waals surface area contributed by atoms with Crippen molar-refractivity contribution in [2.24, 2.45) is 0 Å². The molecule has 0 unspecified atom stereocenters. The van der Waals surface area contributed by atoms with Crippen LogP contribution in [0.25, 0.3) is 0 Å². The second-order valence-corrected chi connectivity index (χ2v) is 5.86. The fraction of sp³-hybridized carbons (Fsp3) is 0.316. The van der Waals surface area contributed by atoms with Gasteiger partial charge in [0.25, 0.3) is 0 Å². The third kappa shape index (κ3) is 5.93. The van der Waals surface area contributed by atoms with E-state index in [1.54, 1.807) is 37.4 Å². The van der Waals surface area contributed by atoms with Crippen LogP contribution >= 0.6 is 0 Å². The van der Waals surface area contributed by atoms with E-state index in [9.17, 15) is 14.0 Å². The normalized spacial score (nSPS) is 11.7. The van der Waals surface area contributed by atoms with Crippen LogP contribution in [0.3, 0.4) is 0 Å². The molecule has 1 aromatic carbocycles. The summed E-state index contributed by atoms with van der Waals surface area (Å²) in [6.45, 7) is 2.07. The number of amides is 2. The number of rotatable bonds is 8. The van der Waals surface area contributed by atoms with Crippen LogP contribution in [0.2, 0.25) is 0 Å². The molecule has 2 aromatic rings. The SMILES string of the molecule is COC[C@@H](NC(=O)CCC(=O)Nc1cc(C)ccc1F)c1ccccn1. The summed E-state index contributed by atoms with van der Waals surface area (Å²) in [7, 11) is 1.53. The van der Waals surface area contributed by atoms with E-state index in [0.717, 1.165) is 5.56 Å². The summed E-state index contributed by atoms with van der Waals surface area (Å²) in [6.07, 6.45) is 1.56. The highest BCUT2D eigenvalue weighted by atomic mass is 19.1. The lowest BCUT2D eigenvalue weighted by Crippen LogP contribution is -2.32. The van der Waals surface area contributed by atoms with Gasteiger partial charge in [-0.3, -0.25) is 14.6 Å². The lowest BCUT2D eigenvalue weighted by atomic mass is 10.1. The van der Waals surface area contributed by atoms with Crippen molar-refractivity contribution in [2.45, 2.75) is 25.8 Å². The topological polar surface area (TPSA) is 80.3 Å². The van der Waals surface area contributed by atoms with E-state index < -0.39 is 17.8 Å². The zero-order chi connectivity index (χ0) is 18.9. The largest absolute Gasteiger partial charge is 0.382 e. The fourth-order valence-electron chi connectivity index (χ4n) is 2.39. The molecule has 0 saturated carbocycles. The number of aryl methyl sites for hydroxylation is 1. The van der Waals surface area contributed by atoms with Gasteiger partial charge in [0.1, 0.15) is 5.82 Å². The molecule has 2 amide bonds. The lowest BCUT2D eigenvalue weighted by molar-refractivity contribution is -0.125. The van der Waals surface area contributed by atoms with Crippen LogP contribution in [0.1, 0.15) is 30.1 Å². The smallest absolute Gasteiger partial charge is 0.224 e. The number of hydrogen-bond donors (Lipinski definition) is 2. The minimum absolute atomic E-state index is 0.0215. The molecule has 7 heteroatoms. The monoisotopic (exact) mass is 359 g/mol. The van der Waals surface area contributed by atoms with E-state index in [0.29, 0.717) is 5.69 Å². The van der Waals surface area contributed by atoms with Gasteiger partial charge < -0.3 is 15.4 Å². The second kappa shape index (κ2) is 9.62. The molecular formula is C19H22FN3O3. The van der Waals surface area contributed by atoms with Crippen molar-refractivity contribution < 1.29 is 18.7 Å². The Bertz CT molecular complexity index is 753. The van der Waals surface area contributed by atoms with E-state index in [1.165, 1.54) is 13.2 Å². The van der Waals surface area contributed by atoms with Crippen molar-refractivity contribution in [2.75, 3.05) is 19.0 Å². The molecule has 1 aromatic heterocycles. The van der Waals surface area contributed by atoms with E-state index in [2.05, 4.69) is 15.6 Å². The molecule has 0 fully saturated rings. The molecule has 0 spiro atoms.